The highest BCUT2D eigenvalue weighted by Crippen LogP contribution is 2.34. The second-order valence-corrected chi connectivity index (χ2v) is 8.59. The molecule has 9 heteroatoms. The summed E-state index contributed by atoms with van der Waals surface area (Å²) in [5, 5.41) is 6.87. The van der Waals surface area contributed by atoms with Crippen LogP contribution in [0, 0.1) is 0 Å². The molecule has 1 aromatic carbocycles. The molecule has 2 aromatic rings. The summed E-state index contributed by atoms with van der Waals surface area (Å²) >= 11 is 3.35. The molecule has 31 heavy (non-hydrogen) atoms. The molecule has 0 spiro atoms. The van der Waals surface area contributed by atoms with Gasteiger partial charge in [-0.2, -0.15) is 0 Å². The first-order valence-corrected chi connectivity index (χ1v) is 11.3. The van der Waals surface area contributed by atoms with Gasteiger partial charge >= 0.3 is 0 Å². The van der Waals surface area contributed by atoms with Crippen LogP contribution in [0.1, 0.15) is 26.5 Å². The zero-order chi connectivity index (χ0) is 21.4. The van der Waals surface area contributed by atoms with Gasteiger partial charge in [-0.15, -0.1) is 0 Å². The Morgan fingerprint density at radius 3 is 2.42 bits per heavy atom. The number of rotatable bonds is 3. The predicted molar refractivity (Wildman–Crippen MR) is 121 cm³/mol. The second-order valence-electron chi connectivity index (χ2n) is 7.80. The van der Waals surface area contributed by atoms with Gasteiger partial charge in [-0.25, -0.2) is 9.97 Å². The number of allylic oxidation sites excluding steroid dienone is 2. The highest BCUT2D eigenvalue weighted by Gasteiger charge is 2.34. The van der Waals surface area contributed by atoms with Gasteiger partial charge in [-0.3, -0.25) is 14.5 Å². The van der Waals surface area contributed by atoms with E-state index in [9.17, 15) is 9.59 Å². The standard InChI is InChI=1S/C22H23BrN6O2/c23-19-18(20(30)14-3-1-2-4-15(14)21(19)31)22-26-6-5-16(27-22)29-12-9-25-13-17(29)28-10-7-24-8-11-28/h1-6,17,24-25H,7-13H2. The summed E-state index contributed by atoms with van der Waals surface area (Å²) in [4.78, 5) is 39.9. The largest absolute Gasteiger partial charge is 0.338 e. The Kier molecular flexibility index (Phi) is 5.66. The number of fused-ring (bicyclic) bond motifs is 1. The molecular weight excluding hydrogens is 460 g/mol. The molecule has 160 valence electrons. The third-order valence-corrected chi connectivity index (χ3v) is 6.77. The van der Waals surface area contributed by atoms with Gasteiger partial charge in [0.2, 0.25) is 5.78 Å². The molecule has 3 heterocycles. The fraction of sp³-hybridized carbons (Fsp3) is 0.364. The van der Waals surface area contributed by atoms with Gasteiger partial charge in [-0.05, 0) is 22.0 Å². The zero-order valence-electron chi connectivity index (χ0n) is 17.0. The van der Waals surface area contributed by atoms with Crippen LogP contribution < -0.4 is 15.5 Å². The number of piperazine rings is 2. The van der Waals surface area contributed by atoms with Crippen LogP contribution in [-0.2, 0) is 0 Å². The van der Waals surface area contributed by atoms with Crippen LogP contribution in [0.2, 0.25) is 0 Å². The smallest absolute Gasteiger partial charge is 0.201 e. The molecule has 0 saturated carbocycles. The lowest BCUT2D eigenvalue weighted by Crippen LogP contribution is -2.62. The van der Waals surface area contributed by atoms with Crippen molar-refractivity contribution in [2.24, 2.45) is 0 Å². The molecule has 1 aromatic heterocycles. The SMILES string of the molecule is O=C1C(Br)=C(c2nccc(N3CCNCC3N3CCNCC3)n2)C(=O)c2ccccc21. The van der Waals surface area contributed by atoms with E-state index < -0.39 is 0 Å². The fourth-order valence-electron chi connectivity index (χ4n) is 4.44. The van der Waals surface area contributed by atoms with E-state index in [0.717, 1.165) is 51.6 Å². The van der Waals surface area contributed by atoms with E-state index in [1.165, 1.54) is 0 Å². The van der Waals surface area contributed by atoms with Crippen LogP contribution in [0.25, 0.3) is 5.57 Å². The van der Waals surface area contributed by atoms with Crippen molar-refractivity contribution in [1.29, 1.82) is 0 Å². The van der Waals surface area contributed by atoms with Gasteiger partial charge in [0.25, 0.3) is 0 Å². The normalized spacial score (nSPS) is 22.6. The van der Waals surface area contributed by atoms with Crippen LogP contribution >= 0.6 is 15.9 Å². The van der Waals surface area contributed by atoms with Gasteiger partial charge < -0.3 is 15.5 Å². The first-order valence-electron chi connectivity index (χ1n) is 10.5. The van der Waals surface area contributed by atoms with Gasteiger partial charge in [-0.1, -0.05) is 24.3 Å². The lowest BCUT2D eigenvalue weighted by Gasteiger charge is -2.45. The third-order valence-electron chi connectivity index (χ3n) is 6.01. The predicted octanol–water partition coefficient (Wildman–Crippen LogP) is 1.30. The number of carbonyl (C=O) groups excluding carboxylic acids is 2. The highest BCUT2D eigenvalue weighted by molar-refractivity contribution is 9.12. The quantitative estimate of drug-likeness (QED) is 0.676. The average Bonchev–Trinajstić information content (AvgIpc) is 2.83. The van der Waals surface area contributed by atoms with E-state index >= 15 is 0 Å². The van der Waals surface area contributed by atoms with Gasteiger partial charge in [0.15, 0.2) is 11.6 Å². The van der Waals surface area contributed by atoms with Crippen molar-refractivity contribution in [3.05, 3.63) is 58.0 Å². The van der Waals surface area contributed by atoms with Gasteiger partial charge in [0, 0.05) is 63.1 Å². The van der Waals surface area contributed by atoms with Gasteiger partial charge in [0.1, 0.15) is 5.82 Å². The molecule has 5 rings (SSSR count). The van der Waals surface area contributed by atoms with E-state index in [0.29, 0.717) is 11.1 Å². The van der Waals surface area contributed by atoms with Crippen molar-refractivity contribution in [2.45, 2.75) is 6.17 Å². The topological polar surface area (TPSA) is 90.5 Å². The minimum atomic E-state index is -0.238. The Bertz CT molecular complexity index is 1070. The second kappa shape index (κ2) is 8.58. The lowest BCUT2D eigenvalue weighted by atomic mass is 9.89. The monoisotopic (exact) mass is 482 g/mol. The zero-order valence-corrected chi connectivity index (χ0v) is 18.6. The minimum Gasteiger partial charge on any atom is -0.338 e. The molecule has 2 N–H and O–H groups in total. The van der Waals surface area contributed by atoms with E-state index in [4.69, 9.17) is 4.98 Å². The van der Waals surface area contributed by atoms with Crippen LogP contribution in [0.4, 0.5) is 5.82 Å². The van der Waals surface area contributed by atoms with E-state index in [1.54, 1.807) is 30.5 Å². The van der Waals surface area contributed by atoms with E-state index in [2.05, 4.69) is 41.3 Å². The molecule has 2 saturated heterocycles. The summed E-state index contributed by atoms with van der Waals surface area (Å²) in [6.07, 6.45) is 1.85. The summed E-state index contributed by atoms with van der Waals surface area (Å²) in [6, 6.07) is 8.74. The van der Waals surface area contributed by atoms with E-state index in [1.807, 2.05) is 6.07 Å². The van der Waals surface area contributed by atoms with Crippen molar-refractivity contribution in [3.63, 3.8) is 0 Å². The summed E-state index contributed by atoms with van der Waals surface area (Å²) < 4.78 is 0.215. The number of hydrogen-bond donors (Lipinski definition) is 2. The average molecular weight is 483 g/mol. The van der Waals surface area contributed by atoms with Crippen LogP contribution in [0.5, 0.6) is 0 Å². The number of carbonyl (C=O) groups is 2. The lowest BCUT2D eigenvalue weighted by molar-refractivity contribution is 0.0999. The number of ketones is 2. The number of Topliss-reactive ketones (excluding diaryl/α,β-unsaturated/α-hetero) is 2. The molecule has 1 aliphatic carbocycles. The Hall–Kier alpha value is -2.46. The van der Waals surface area contributed by atoms with Crippen LogP contribution in [-0.4, -0.2) is 78.4 Å². The Morgan fingerprint density at radius 2 is 1.65 bits per heavy atom. The molecular formula is C22H23BrN6O2. The fourth-order valence-corrected chi connectivity index (χ4v) is 5.01. The number of nitrogens with zero attached hydrogens (tertiary/aromatic N) is 4. The summed E-state index contributed by atoms with van der Waals surface area (Å²) in [5.74, 6) is 0.579. The molecule has 3 aliphatic rings. The molecule has 8 nitrogen and oxygen atoms in total. The molecule has 1 atom stereocenters. The molecule has 2 aliphatic heterocycles. The number of aromatic nitrogens is 2. The molecule has 2 fully saturated rings. The number of nitrogens with one attached hydrogen (secondary N) is 2. The maximum atomic E-state index is 13.2. The van der Waals surface area contributed by atoms with Crippen LogP contribution in [0.15, 0.2) is 41.0 Å². The Balaban J connectivity index is 1.51. The van der Waals surface area contributed by atoms with Crippen LogP contribution in [0.3, 0.4) is 0 Å². The summed E-state index contributed by atoms with van der Waals surface area (Å²) in [5.41, 5.74) is 1.01. The van der Waals surface area contributed by atoms with Crippen molar-refractivity contribution < 1.29 is 9.59 Å². The Labute approximate surface area is 188 Å². The number of hydrogen-bond acceptors (Lipinski definition) is 8. The number of halogens is 1. The number of anilines is 1. The summed E-state index contributed by atoms with van der Waals surface area (Å²) in [7, 11) is 0. The Morgan fingerprint density at radius 1 is 0.935 bits per heavy atom. The molecule has 0 bridgehead atoms. The van der Waals surface area contributed by atoms with Crippen molar-refractivity contribution in [1.82, 2.24) is 25.5 Å². The maximum Gasteiger partial charge on any atom is 0.201 e. The van der Waals surface area contributed by atoms with Crippen molar-refractivity contribution in [2.75, 3.05) is 50.7 Å². The molecule has 1 unspecified atom stereocenters. The first kappa shape index (κ1) is 20.4. The highest BCUT2D eigenvalue weighted by atomic mass is 79.9. The van der Waals surface area contributed by atoms with Crippen molar-refractivity contribution in [3.8, 4) is 0 Å². The molecule has 0 radical (unpaired) electrons. The van der Waals surface area contributed by atoms with Crippen molar-refractivity contribution >= 4 is 38.9 Å². The first-order chi connectivity index (χ1) is 15.1. The molecule has 0 amide bonds. The van der Waals surface area contributed by atoms with E-state index in [-0.39, 0.29) is 33.6 Å². The van der Waals surface area contributed by atoms with Gasteiger partial charge in [0.05, 0.1) is 16.2 Å². The maximum absolute atomic E-state index is 13.2. The summed E-state index contributed by atoms with van der Waals surface area (Å²) in [6.45, 7) is 6.39. The minimum absolute atomic E-state index is 0.181. The number of benzene rings is 1. The third kappa shape index (κ3) is 3.71.